The minimum Gasteiger partial charge on any atom is -0.507 e. The van der Waals surface area contributed by atoms with Crippen LogP contribution in [0.1, 0.15) is 17.2 Å². The summed E-state index contributed by atoms with van der Waals surface area (Å²) in [7, 11) is 2.94. The van der Waals surface area contributed by atoms with Crippen LogP contribution in [0.25, 0.3) is 5.76 Å². The Hall–Kier alpha value is -4.13. The Bertz CT molecular complexity index is 1220. The van der Waals surface area contributed by atoms with Gasteiger partial charge in [-0.15, -0.1) is 0 Å². The Morgan fingerprint density at radius 1 is 0.938 bits per heavy atom. The van der Waals surface area contributed by atoms with Gasteiger partial charge in [0.25, 0.3) is 11.7 Å². The fourth-order valence-corrected chi connectivity index (χ4v) is 3.80. The van der Waals surface area contributed by atoms with Gasteiger partial charge in [0, 0.05) is 11.8 Å². The Morgan fingerprint density at radius 2 is 1.66 bits per heavy atom. The van der Waals surface area contributed by atoms with Crippen LogP contribution in [0, 0.1) is 5.82 Å². The van der Waals surface area contributed by atoms with Crippen molar-refractivity contribution in [3.63, 3.8) is 0 Å². The average Bonchev–Trinajstić information content (AvgIpc) is 3.09. The maximum Gasteiger partial charge on any atom is 0.300 e. The lowest BCUT2D eigenvalue weighted by Crippen LogP contribution is -2.29. The highest BCUT2D eigenvalue weighted by Gasteiger charge is 2.47. The van der Waals surface area contributed by atoms with Crippen LogP contribution < -0.4 is 14.4 Å². The van der Waals surface area contributed by atoms with E-state index < -0.39 is 23.5 Å². The Balaban J connectivity index is 1.97. The molecular weight excluding hydrogens is 413 g/mol. The number of carbonyl (C=O) groups excluding carboxylic acids is 2. The van der Waals surface area contributed by atoms with Gasteiger partial charge in [-0.25, -0.2) is 4.39 Å². The second-order valence-electron chi connectivity index (χ2n) is 7.12. The van der Waals surface area contributed by atoms with Crippen LogP contribution in [0.3, 0.4) is 0 Å². The molecule has 1 amide bonds. The zero-order chi connectivity index (χ0) is 22.8. The summed E-state index contributed by atoms with van der Waals surface area (Å²) in [6, 6.07) is 17.8. The third-order valence-corrected chi connectivity index (χ3v) is 5.32. The smallest absolute Gasteiger partial charge is 0.300 e. The van der Waals surface area contributed by atoms with Crippen LogP contribution >= 0.6 is 0 Å². The number of amides is 1. The van der Waals surface area contributed by atoms with Gasteiger partial charge in [0.15, 0.2) is 0 Å². The molecule has 7 heteroatoms. The molecule has 32 heavy (non-hydrogen) atoms. The Kier molecular flexibility index (Phi) is 5.64. The number of nitrogens with zero attached hydrogens (tertiary/aromatic N) is 1. The van der Waals surface area contributed by atoms with E-state index in [9.17, 15) is 19.1 Å². The summed E-state index contributed by atoms with van der Waals surface area (Å²) in [6.07, 6.45) is 0. The molecule has 162 valence electrons. The number of ether oxygens (including phenoxy) is 2. The van der Waals surface area contributed by atoms with Crippen molar-refractivity contribution in [1.29, 1.82) is 0 Å². The quantitative estimate of drug-likeness (QED) is 0.365. The number of rotatable bonds is 5. The van der Waals surface area contributed by atoms with Crippen molar-refractivity contribution in [2.45, 2.75) is 6.04 Å². The second-order valence-corrected chi connectivity index (χ2v) is 7.12. The van der Waals surface area contributed by atoms with Gasteiger partial charge in [0.2, 0.25) is 0 Å². The predicted molar refractivity (Wildman–Crippen MR) is 117 cm³/mol. The van der Waals surface area contributed by atoms with Gasteiger partial charge in [0.05, 0.1) is 31.4 Å². The molecule has 4 rings (SSSR count). The number of aliphatic hydroxyl groups excluding tert-OH is 1. The van der Waals surface area contributed by atoms with E-state index in [1.165, 1.54) is 43.4 Å². The molecule has 0 radical (unpaired) electrons. The standard InChI is InChI=1S/C25H20FNO5/c1-31-18-7-5-6-17(14-18)27-22(15-10-12-16(26)13-11-15)21(24(29)25(27)30)23(28)19-8-3-4-9-20(19)32-2/h3-14,22,28H,1-2H3/b23-21+. The largest absolute Gasteiger partial charge is 0.507 e. The summed E-state index contributed by atoms with van der Waals surface area (Å²) < 4.78 is 24.2. The highest BCUT2D eigenvalue weighted by molar-refractivity contribution is 6.51. The van der Waals surface area contributed by atoms with Crippen LogP contribution in [0.15, 0.2) is 78.4 Å². The van der Waals surface area contributed by atoms with Crippen molar-refractivity contribution in [3.05, 3.63) is 95.3 Å². The summed E-state index contributed by atoms with van der Waals surface area (Å²) in [5.41, 5.74) is 1.02. The lowest BCUT2D eigenvalue weighted by molar-refractivity contribution is -0.132. The summed E-state index contributed by atoms with van der Waals surface area (Å²) in [6.45, 7) is 0. The van der Waals surface area contributed by atoms with Crippen molar-refractivity contribution >= 4 is 23.1 Å². The minimum absolute atomic E-state index is 0.117. The lowest BCUT2D eigenvalue weighted by Gasteiger charge is -2.26. The van der Waals surface area contributed by atoms with E-state index in [4.69, 9.17) is 9.47 Å². The first-order chi connectivity index (χ1) is 15.5. The highest BCUT2D eigenvalue weighted by atomic mass is 19.1. The zero-order valence-corrected chi connectivity index (χ0v) is 17.4. The van der Waals surface area contributed by atoms with Crippen LogP contribution in [0.5, 0.6) is 11.5 Å². The zero-order valence-electron chi connectivity index (χ0n) is 17.4. The molecule has 3 aromatic carbocycles. The number of hydrogen-bond acceptors (Lipinski definition) is 5. The topological polar surface area (TPSA) is 76.1 Å². The number of anilines is 1. The van der Waals surface area contributed by atoms with Crippen LogP contribution in [0.4, 0.5) is 10.1 Å². The third kappa shape index (κ3) is 3.58. The number of benzene rings is 3. The molecule has 1 saturated heterocycles. The maximum absolute atomic E-state index is 13.6. The Labute approximate surface area is 184 Å². The molecule has 1 fully saturated rings. The van der Waals surface area contributed by atoms with E-state index in [1.807, 2.05) is 0 Å². The number of hydrogen-bond donors (Lipinski definition) is 1. The monoisotopic (exact) mass is 433 g/mol. The van der Waals surface area contributed by atoms with Gasteiger partial charge in [-0.2, -0.15) is 0 Å². The van der Waals surface area contributed by atoms with E-state index in [2.05, 4.69) is 0 Å². The number of carbonyl (C=O) groups is 2. The van der Waals surface area contributed by atoms with Crippen LogP contribution in [-0.4, -0.2) is 31.0 Å². The van der Waals surface area contributed by atoms with Gasteiger partial charge < -0.3 is 14.6 Å². The molecule has 6 nitrogen and oxygen atoms in total. The number of ketones is 1. The highest BCUT2D eigenvalue weighted by Crippen LogP contribution is 2.43. The van der Waals surface area contributed by atoms with Gasteiger partial charge in [-0.05, 0) is 42.0 Å². The van der Waals surface area contributed by atoms with Crippen LogP contribution in [-0.2, 0) is 9.59 Å². The summed E-state index contributed by atoms with van der Waals surface area (Å²) in [4.78, 5) is 27.6. The molecular formula is C25H20FNO5. The predicted octanol–water partition coefficient (Wildman–Crippen LogP) is 4.47. The molecule has 1 aliphatic heterocycles. The van der Waals surface area contributed by atoms with Gasteiger partial charge in [0.1, 0.15) is 23.1 Å². The van der Waals surface area contributed by atoms with Crippen molar-refractivity contribution in [3.8, 4) is 11.5 Å². The van der Waals surface area contributed by atoms with E-state index in [-0.39, 0.29) is 16.9 Å². The summed E-state index contributed by atoms with van der Waals surface area (Å²) in [5.74, 6) is -1.67. The van der Waals surface area contributed by atoms with Crippen molar-refractivity contribution in [2.75, 3.05) is 19.1 Å². The molecule has 1 heterocycles. The molecule has 0 spiro atoms. The molecule has 3 aromatic rings. The third-order valence-electron chi connectivity index (χ3n) is 5.32. The molecule has 0 aliphatic carbocycles. The van der Waals surface area contributed by atoms with Crippen molar-refractivity contribution in [1.82, 2.24) is 0 Å². The van der Waals surface area contributed by atoms with Crippen molar-refractivity contribution < 1.29 is 28.6 Å². The number of aliphatic hydroxyl groups is 1. The van der Waals surface area contributed by atoms with E-state index in [1.54, 1.807) is 48.5 Å². The molecule has 0 saturated carbocycles. The number of halogens is 1. The molecule has 1 N–H and O–H groups in total. The molecule has 0 bridgehead atoms. The number of Topliss-reactive ketones (excluding diaryl/α,β-unsaturated/α-hetero) is 1. The molecule has 0 aromatic heterocycles. The molecule has 1 atom stereocenters. The fraction of sp³-hybridized carbons (Fsp3) is 0.120. The van der Waals surface area contributed by atoms with Gasteiger partial charge in [-0.3, -0.25) is 14.5 Å². The SMILES string of the molecule is COc1cccc(N2C(=O)C(=O)/C(=C(/O)c3ccccc3OC)C2c2ccc(F)cc2)c1. The molecule has 1 unspecified atom stereocenters. The summed E-state index contributed by atoms with van der Waals surface area (Å²) >= 11 is 0. The van der Waals surface area contributed by atoms with Crippen LogP contribution in [0.2, 0.25) is 0 Å². The van der Waals surface area contributed by atoms with E-state index >= 15 is 0 Å². The fourth-order valence-electron chi connectivity index (χ4n) is 3.80. The average molecular weight is 433 g/mol. The lowest BCUT2D eigenvalue weighted by atomic mass is 9.95. The maximum atomic E-state index is 13.6. The normalized spacial score (nSPS) is 17.5. The Morgan fingerprint density at radius 3 is 2.34 bits per heavy atom. The number of methoxy groups -OCH3 is 2. The minimum atomic E-state index is -0.979. The number of para-hydroxylation sites is 1. The van der Waals surface area contributed by atoms with E-state index in [0.29, 0.717) is 22.7 Å². The van der Waals surface area contributed by atoms with Gasteiger partial charge >= 0.3 is 0 Å². The van der Waals surface area contributed by atoms with E-state index in [0.717, 1.165) is 0 Å². The van der Waals surface area contributed by atoms with Gasteiger partial charge in [-0.1, -0.05) is 30.3 Å². The second kappa shape index (κ2) is 8.55. The molecule has 1 aliphatic rings. The first-order valence-corrected chi connectivity index (χ1v) is 9.80. The first kappa shape index (κ1) is 21.1. The summed E-state index contributed by atoms with van der Waals surface area (Å²) in [5, 5.41) is 11.2. The van der Waals surface area contributed by atoms with Crippen molar-refractivity contribution in [2.24, 2.45) is 0 Å². The first-order valence-electron chi connectivity index (χ1n) is 9.80.